The van der Waals surface area contributed by atoms with Crippen LogP contribution in [0.15, 0.2) is 11.6 Å². The number of Topliss-reactive ketones (excluding diaryl/α,β-unsaturated/α-hetero) is 2. The topological polar surface area (TPSA) is 51.2 Å². The van der Waals surface area contributed by atoms with E-state index in [9.17, 15) is 14.4 Å². The number of halogens is 1. The maximum absolute atomic E-state index is 13.4. The van der Waals surface area contributed by atoms with Crippen LogP contribution in [0.25, 0.3) is 0 Å². The summed E-state index contributed by atoms with van der Waals surface area (Å²) in [5, 5.41) is 0. The second-order valence-corrected chi connectivity index (χ2v) is 10.5. The molecule has 4 heteroatoms. The third kappa shape index (κ3) is 2.32. The lowest BCUT2D eigenvalue weighted by Gasteiger charge is -2.56. The predicted molar refractivity (Wildman–Crippen MR) is 99.4 cm³/mol. The fourth-order valence-electron chi connectivity index (χ4n) is 7.08. The summed E-state index contributed by atoms with van der Waals surface area (Å²) < 4.78 is 0. The van der Waals surface area contributed by atoms with E-state index in [0.717, 1.165) is 25.7 Å². The molecule has 0 aromatic carbocycles. The molecule has 136 valence electrons. The van der Waals surface area contributed by atoms with Crippen molar-refractivity contribution in [2.75, 3.05) is 0 Å². The third-order valence-electron chi connectivity index (χ3n) is 8.08. The maximum Gasteiger partial charge on any atom is 0.155 e. The van der Waals surface area contributed by atoms with Gasteiger partial charge in [-0.15, -0.1) is 0 Å². The summed E-state index contributed by atoms with van der Waals surface area (Å²) in [6.45, 7) is 6.07. The van der Waals surface area contributed by atoms with Gasteiger partial charge < -0.3 is 0 Å². The molecule has 0 heterocycles. The Hall–Kier alpha value is -0.770. The van der Waals surface area contributed by atoms with Gasteiger partial charge in [-0.2, -0.15) is 0 Å². The number of hydrogen-bond acceptors (Lipinski definition) is 3. The highest BCUT2D eigenvalue weighted by Gasteiger charge is 2.64. The Kier molecular flexibility index (Phi) is 3.96. The van der Waals surface area contributed by atoms with Gasteiger partial charge >= 0.3 is 0 Å². The molecule has 0 aliphatic heterocycles. The molecular formula is C21H27BrO3. The lowest BCUT2D eigenvalue weighted by Crippen LogP contribution is -2.55. The fraction of sp³-hybridized carbons (Fsp3) is 0.762. The lowest BCUT2D eigenvalue weighted by atomic mass is 9.46. The van der Waals surface area contributed by atoms with Gasteiger partial charge in [-0.1, -0.05) is 35.4 Å². The van der Waals surface area contributed by atoms with Gasteiger partial charge in [0.25, 0.3) is 0 Å². The summed E-state index contributed by atoms with van der Waals surface area (Å²) in [6.07, 6.45) is 6.63. The first-order chi connectivity index (χ1) is 11.7. The van der Waals surface area contributed by atoms with Crippen molar-refractivity contribution in [1.29, 1.82) is 0 Å². The number of carbonyl (C=O) groups excluding carboxylic acids is 3. The first kappa shape index (κ1) is 17.6. The summed E-state index contributed by atoms with van der Waals surface area (Å²) in [7, 11) is 0. The molecule has 0 spiro atoms. The van der Waals surface area contributed by atoms with Crippen molar-refractivity contribution in [3.8, 4) is 0 Å². The van der Waals surface area contributed by atoms with Gasteiger partial charge in [-0.05, 0) is 61.3 Å². The predicted octanol–water partition coefficient (Wildman–Crippen LogP) is 4.28. The highest BCUT2D eigenvalue weighted by Crippen LogP contribution is 2.66. The SMILES string of the molecule is CC(=O)[C@H]1C(Br)C[C@H]2[C@@H]3CCC4=CC(=O)CC[C@]4(C)[C@H]3C(=O)C[C@]12C. The van der Waals surface area contributed by atoms with Gasteiger partial charge in [0.15, 0.2) is 5.78 Å². The molecule has 4 aliphatic carbocycles. The largest absolute Gasteiger partial charge is 0.300 e. The molecule has 0 radical (unpaired) electrons. The molecular weight excluding hydrogens is 380 g/mol. The zero-order valence-electron chi connectivity index (χ0n) is 15.3. The van der Waals surface area contributed by atoms with Gasteiger partial charge in [-0.25, -0.2) is 0 Å². The third-order valence-corrected chi connectivity index (χ3v) is 8.98. The summed E-state index contributed by atoms with van der Waals surface area (Å²) >= 11 is 3.77. The van der Waals surface area contributed by atoms with Gasteiger partial charge in [0, 0.05) is 29.5 Å². The monoisotopic (exact) mass is 406 g/mol. The van der Waals surface area contributed by atoms with Gasteiger partial charge in [0.05, 0.1) is 0 Å². The van der Waals surface area contributed by atoms with Crippen molar-refractivity contribution in [3.05, 3.63) is 11.6 Å². The molecule has 0 aromatic heterocycles. The number of rotatable bonds is 1. The van der Waals surface area contributed by atoms with Crippen molar-refractivity contribution in [2.45, 2.75) is 64.1 Å². The van der Waals surface area contributed by atoms with E-state index in [4.69, 9.17) is 0 Å². The zero-order valence-corrected chi connectivity index (χ0v) is 16.9. The molecule has 7 atom stereocenters. The second kappa shape index (κ2) is 5.61. The van der Waals surface area contributed by atoms with Crippen LogP contribution in [0.3, 0.4) is 0 Å². The molecule has 4 rings (SSSR count). The highest BCUT2D eigenvalue weighted by molar-refractivity contribution is 9.09. The molecule has 3 fully saturated rings. The molecule has 4 aliphatic rings. The standard InChI is InChI=1S/C21H27BrO3/c1-11(23)18-16(22)9-15-14-5-4-12-8-13(24)6-7-20(12,2)19(14)17(25)10-21(15,18)3/h8,14-16,18-19H,4-7,9-10H2,1-3H3/t14-,15-,16?,18-,19+,20-,21-/m0/s1. The molecule has 3 nitrogen and oxygen atoms in total. The Balaban J connectivity index is 1.76. The molecule has 1 unspecified atom stereocenters. The smallest absolute Gasteiger partial charge is 0.155 e. The molecule has 0 saturated heterocycles. The quantitative estimate of drug-likeness (QED) is 0.610. The van der Waals surface area contributed by atoms with Crippen LogP contribution in [0, 0.1) is 34.5 Å². The Morgan fingerprint density at radius 2 is 1.96 bits per heavy atom. The molecule has 0 bridgehead atoms. The van der Waals surface area contributed by atoms with E-state index < -0.39 is 0 Å². The molecule has 0 N–H and O–H groups in total. The van der Waals surface area contributed by atoms with E-state index in [0.29, 0.717) is 30.5 Å². The first-order valence-electron chi connectivity index (χ1n) is 9.59. The number of ketones is 3. The Labute approximate surface area is 158 Å². The number of allylic oxidation sites excluding steroid dienone is 1. The fourth-order valence-corrected chi connectivity index (χ4v) is 8.46. The molecule has 0 amide bonds. The number of hydrogen-bond donors (Lipinski definition) is 0. The van der Waals surface area contributed by atoms with Crippen LogP contribution in [0.4, 0.5) is 0 Å². The molecule has 0 aromatic rings. The van der Waals surface area contributed by atoms with Crippen molar-refractivity contribution in [3.63, 3.8) is 0 Å². The first-order valence-corrected chi connectivity index (χ1v) is 10.5. The van der Waals surface area contributed by atoms with Crippen LogP contribution >= 0.6 is 15.9 Å². The minimum Gasteiger partial charge on any atom is -0.300 e. The van der Waals surface area contributed by atoms with E-state index in [-0.39, 0.29) is 39.1 Å². The van der Waals surface area contributed by atoms with E-state index in [2.05, 4.69) is 29.8 Å². The van der Waals surface area contributed by atoms with E-state index in [1.807, 2.05) is 6.08 Å². The molecule has 3 saturated carbocycles. The highest BCUT2D eigenvalue weighted by atomic mass is 79.9. The van der Waals surface area contributed by atoms with Crippen LogP contribution in [-0.2, 0) is 14.4 Å². The van der Waals surface area contributed by atoms with E-state index in [1.165, 1.54) is 5.57 Å². The number of carbonyl (C=O) groups is 3. The lowest BCUT2D eigenvalue weighted by molar-refractivity contribution is -0.148. The van der Waals surface area contributed by atoms with Crippen LogP contribution in [-0.4, -0.2) is 22.2 Å². The van der Waals surface area contributed by atoms with Crippen molar-refractivity contribution < 1.29 is 14.4 Å². The van der Waals surface area contributed by atoms with E-state index in [1.54, 1.807) is 6.92 Å². The zero-order chi connectivity index (χ0) is 18.1. The van der Waals surface area contributed by atoms with Gasteiger partial charge in [0.2, 0.25) is 0 Å². The van der Waals surface area contributed by atoms with Gasteiger partial charge in [0.1, 0.15) is 11.6 Å². The normalized spacial score (nSPS) is 49.1. The summed E-state index contributed by atoms with van der Waals surface area (Å²) in [4.78, 5) is 37.8. The minimum atomic E-state index is -0.208. The van der Waals surface area contributed by atoms with Crippen molar-refractivity contribution in [2.24, 2.45) is 34.5 Å². The minimum absolute atomic E-state index is 0.0316. The number of alkyl halides is 1. The Morgan fingerprint density at radius 3 is 2.64 bits per heavy atom. The maximum atomic E-state index is 13.4. The van der Waals surface area contributed by atoms with Crippen LogP contribution in [0.5, 0.6) is 0 Å². The van der Waals surface area contributed by atoms with Crippen molar-refractivity contribution >= 4 is 33.3 Å². The summed E-state index contributed by atoms with van der Waals surface area (Å²) in [5.74, 6) is 1.51. The van der Waals surface area contributed by atoms with Crippen LogP contribution < -0.4 is 0 Å². The Morgan fingerprint density at radius 1 is 1.24 bits per heavy atom. The Bertz CT molecular complexity index is 695. The average Bonchev–Trinajstić information content (AvgIpc) is 2.77. The number of fused-ring (bicyclic) bond motifs is 5. The average molecular weight is 407 g/mol. The molecule has 25 heavy (non-hydrogen) atoms. The summed E-state index contributed by atoms with van der Waals surface area (Å²) in [6, 6.07) is 0. The second-order valence-electron chi connectivity index (χ2n) is 9.33. The van der Waals surface area contributed by atoms with Crippen LogP contribution in [0.2, 0.25) is 0 Å². The van der Waals surface area contributed by atoms with Gasteiger partial charge in [-0.3, -0.25) is 14.4 Å². The van der Waals surface area contributed by atoms with E-state index >= 15 is 0 Å². The van der Waals surface area contributed by atoms with Crippen molar-refractivity contribution in [1.82, 2.24) is 0 Å². The summed E-state index contributed by atoms with van der Waals surface area (Å²) in [5.41, 5.74) is 0.851. The van der Waals surface area contributed by atoms with Crippen LogP contribution in [0.1, 0.15) is 59.3 Å².